The lowest BCUT2D eigenvalue weighted by Crippen LogP contribution is -2.33. The average molecular weight is 502 g/mol. The van der Waals surface area contributed by atoms with Gasteiger partial charge in [-0.3, -0.25) is 9.59 Å². The zero-order chi connectivity index (χ0) is 27.1. The van der Waals surface area contributed by atoms with E-state index in [0.29, 0.717) is 11.3 Å². The fourth-order valence-corrected chi connectivity index (χ4v) is 3.93. The van der Waals surface area contributed by atoms with Crippen LogP contribution >= 0.6 is 0 Å². The zero-order valence-corrected chi connectivity index (χ0v) is 22.3. The standard InChI is InChI=1S/C29H35N5O3/c1-8-10-21(26(9-2)37-7)24-16-32-28-22(24)14-20(15-31-28)19-11-12-25(23(13-19)29(36)34(5)6)33-27(35)17-30-18(3)4/h8-16,18,30H,1,17H2,2-7H3,(H,31,32)(H,33,35)/b21-10-,26-9+. The van der Waals surface area contributed by atoms with Crippen LogP contribution in [0, 0.1) is 0 Å². The Morgan fingerprint density at radius 1 is 1.19 bits per heavy atom. The summed E-state index contributed by atoms with van der Waals surface area (Å²) in [5.74, 6) is 0.297. The van der Waals surface area contributed by atoms with Crippen molar-refractivity contribution in [1.82, 2.24) is 20.2 Å². The van der Waals surface area contributed by atoms with E-state index in [1.165, 1.54) is 4.90 Å². The van der Waals surface area contributed by atoms with Crippen LogP contribution in [0.2, 0.25) is 0 Å². The van der Waals surface area contributed by atoms with Gasteiger partial charge in [-0.1, -0.05) is 38.6 Å². The van der Waals surface area contributed by atoms with Crippen LogP contribution in [0.4, 0.5) is 5.69 Å². The fraction of sp³-hybridized carbons (Fsp3) is 0.276. The maximum atomic E-state index is 13.0. The van der Waals surface area contributed by atoms with Gasteiger partial charge in [0, 0.05) is 54.6 Å². The van der Waals surface area contributed by atoms with Crippen molar-refractivity contribution in [2.24, 2.45) is 0 Å². The van der Waals surface area contributed by atoms with Crippen molar-refractivity contribution in [2.45, 2.75) is 26.8 Å². The minimum absolute atomic E-state index is 0.155. The van der Waals surface area contributed by atoms with Crippen LogP contribution < -0.4 is 10.6 Å². The maximum absolute atomic E-state index is 13.0. The Balaban J connectivity index is 2.07. The highest BCUT2D eigenvalue weighted by Crippen LogP contribution is 2.33. The predicted octanol–water partition coefficient (Wildman–Crippen LogP) is 4.99. The summed E-state index contributed by atoms with van der Waals surface area (Å²) in [7, 11) is 5.00. The normalized spacial score (nSPS) is 12.1. The number of amides is 2. The molecule has 0 aliphatic rings. The van der Waals surface area contributed by atoms with Crippen molar-refractivity contribution in [3.63, 3.8) is 0 Å². The summed E-state index contributed by atoms with van der Waals surface area (Å²) in [6, 6.07) is 7.62. The highest BCUT2D eigenvalue weighted by atomic mass is 16.5. The number of ether oxygens (including phenoxy) is 1. The van der Waals surface area contributed by atoms with E-state index in [2.05, 4.69) is 27.2 Å². The molecule has 194 valence electrons. The molecule has 0 aliphatic carbocycles. The molecule has 0 bridgehead atoms. The molecule has 3 aromatic rings. The molecule has 2 amide bonds. The SMILES string of the molecule is C=C/C=C(\C(=C/C)OC)c1c[nH]c2ncc(-c3ccc(NC(=O)CNC(C)C)c(C(=O)N(C)C)c3)cc12. The Bertz CT molecular complexity index is 1370. The van der Waals surface area contributed by atoms with Crippen molar-refractivity contribution in [3.8, 4) is 11.1 Å². The molecule has 0 saturated carbocycles. The van der Waals surface area contributed by atoms with Crippen molar-refractivity contribution in [3.05, 3.63) is 78.4 Å². The van der Waals surface area contributed by atoms with E-state index in [4.69, 9.17) is 4.74 Å². The van der Waals surface area contributed by atoms with Gasteiger partial charge in [0.25, 0.3) is 5.91 Å². The molecule has 1 aromatic carbocycles. The van der Waals surface area contributed by atoms with E-state index in [0.717, 1.165) is 39.1 Å². The first-order chi connectivity index (χ1) is 17.7. The lowest BCUT2D eigenvalue weighted by atomic mass is 9.98. The topological polar surface area (TPSA) is 99.3 Å². The number of methoxy groups -OCH3 is 1. The molecule has 37 heavy (non-hydrogen) atoms. The van der Waals surface area contributed by atoms with Gasteiger partial charge in [0.05, 0.1) is 24.9 Å². The van der Waals surface area contributed by atoms with Crippen molar-refractivity contribution in [2.75, 3.05) is 33.1 Å². The number of hydrogen-bond acceptors (Lipinski definition) is 5. The Morgan fingerprint density at radius 3 is 2.57 bits per heavy atom. The first-order valence-electron chi connectivity index (χ1n) is 12.1. The Morgan fingerprint density at radius 2 is 1.95 bits per heavy atom. The van der Waals surface area contributed by atoms with Crippen molar-refractivity contribution in [1.29, 1.82) is 0 Å². The van der Waals surface area contributed by atoms with Gasteiger partial charge in [0.2, 0.25) is 5.91 Å². The molecule has 2 aromatic heterocycles. The molecule has 3 rings (SSSR count). The number of rotatable bonds is 10. The summed E-state index contributed by atoms with van der Waals surface area (Å²) in [6.45, 7) is 9.84. The first kappa shape index (κ1) is 27.4. The maximum Gasteiger partial charge on any atom is 0.255 e. The number of fused-ring (bicyclic) bond motifs is 1. The molecule has 0 saturated heterocycles. The number of carbonyl (C=O) groups is 2. The van der Waals surface area contributed by atoms with Crippen LogP contribution in [0.3, 0.4) is 0 Å². The number of nitrogens with zero attached hydrogens (tertiary/aromatic N) is 2. The summed E-state index contributed by atoms with van der Waals surface area (Å²) < 4.78 is 5.57. The van der Waals surface area contributed by atoms with E-state index >= 15 is 0 Å². The van der Waals surface area contributed by atoms with E-state index in [1.807, 2.05) is 51.3 Å². The summed E-state index contributed by atoms with van der Waals surface area (Å²) in [5.41, 5.74) is 5.02. The second kappa shape index (κ2) is 12.2. The van der Waals surface area contributed by atoms with Gasteiger partial charge in [-0.05, 0) is 36.8 Å². The quantitative estimate of drug-likeness (QED) is 0.269. The van der Waals surface area contributed by atoms with E-state index in [1.54, 1.807) is 45.6 Å². The Hall–Kier alpha value is -4.17. The summed E-state index contributed by atoms with van der Waals surface area (Å²) in [4.78, 5) is 34.8. The molecule has 0 atom stereocenters. The van der Waals surface area contributed by atoms with Gasteiger partial charge in [-0.25, -0.2) is 4.98 Å². The van der Waals surface area contributed by atoms with Gasteiger partial charge in [-0.15, -0.1) is 0 Å². The minimum atomic E-state index is -0.214. The molecule has 0 radical (unpaired) electrons. The largest absolute Gasteiger partial charge is 0.496 e. The molecule has 0 unspecified atom stereocenters. The number of aromatic nitrogens is 2. The smallest absolute Gasteiger partial charge is 0.255 e. The first-order valence-corrected chi connectivity index (χ1v) is 12.1. The third kappa shape index (κ3) is 6.34. The average Bonchev–Trinajstić information content (AvgIpc) is 3.30. The highest BCUT2D eigenvalue weighted by molar-refractivity contribution is 6.05. The van der Waals surface area contributed by atoms with Gasteiger partial charge >= 0.3 is 0 Å². The number of hydrogen-bond donors (Lipinski definition) is 3. The molecular weight excluding hydrogens is 466 g/mol. The number of anilines is 1. The number of allylic oxidation sites excluding steroid dienone is 4. The zero-order valence-electron chi connectivity index (χ0n) is 22.3. The minimum Gasteiger partial charge on any atom is -0.496 e. The Kier molecular flexibility index (Phi) is 9.03. The molecule has 0 spiro atoms. The number of pyridine rings is 1. The van der Waals surface area contributed by atoms with Crippen LogP contribution in [0.1, 0.15) is 36.7 Å². The summed E-state index contributed by atoms with van der Waals surface area (Å²) in [6.07, 6.45) is 9.17. The summed E-state index contributed by atoms with van der Waals surface area (Å²) >= 11 is 0. The number of carbonyl (C=O) groups excluding carboxylic acids is 2. The van der Waals surface area contributed by atoms with Crippen molar-refractivity contribution >= 4 is 34.1 Å². The van der Waals surface area contributed by atoms with Crippen LogP contribution in [0.5, 0.6) is 0 Å². The number of nitrogens with one attached hydrogen (secondary N) is 3. The molecule has 8 nitrogen and oxygen atoms in total. The lowest BCUT2D eigenvalue weighted by Gasteiger charge is -2.17. The van der Waals surface area contributed by atoms with E-state index in [-0.39, 0.29) is 24.4 Å². The monoisotopic (exact) mass is 501 g/mol. The molecule has 0 aliphatic heterocycles. The van der Waals surface area contributed by atoms with Gasteiger partial charge in [0.15, 0.2) is 0 Å². The van der Waals surface area contributed by atoms with E-state index in [9.17, 15) is 9.59 Å². The van der Waals surface area contributed by atoms with Gasteiger partial charge < -0.3 is 25.3 Å². The highest BCUT2D eigenvalue weighted by Gasteiger charge is 2.18. The van der Waals surface area contributed by atoms with E-state index < -0.39 is 0 Å². The van der Waals surface area contributed by atoms with Gasteiger partial charge in [-0.2, -0.15) is 0 Å². The van der Waals surface area contributed by atoms with Gasteiger partial charge in [0.1, 0.15) is 11.4 Å². The Labute approximate surface area is 218 Å². The van der Waals surface area contributed by atoms with Crippen LogP contribution in [0.15, 0.2) is 67.2 Å². The number of H-pyrrole nitrogens is 1. The molecule has 2 heterocycles. The molecule has 3 N–H and O–H groups in total. The lowest BCUT2D eigenvalue weighted by molar-refractivity contribution is -0.115. The predicted molar refractivity (Wildman–Crippen MR) is 150 cm³/mol. The molecular formula is C29H35N5O3. The fourth-order valence-electron chi connectivity index (χ4n) is 3.93. The second-order valence-electron chi connectivity index (χ2n) is 9.04. The third-order valence-corrected chi connectivity index (χ3v) is 5.79. The second-order valence-corrected chi connectivity index (χ2v) is 9.04. The van der Waals surface area contributed by atoms with Crippen LogP contribution in [-0.2, 0) is 9.53 Å². The third-order valence-electron chi connectivity index (χ3n) is 5.79. The van der Waals surface area contributed by atoms with Crippen molar-refractivity contribution < 1.29 is 14.3 Å². The van der Waals surface area contributed by atoms with Crippen LogP contribution in [-0.4, -0.2) is 60.5 Å². The summed E-state index contributed by atoms with van der Waals surface area (Å²) in [5, 5.41) is 6.85. The molecule has 8 heteroatoms. The number of aromatic amines is 1. The van der Waals surface area contributed by atoms with Crippen LogP contribution in [0.25, 0.3) is 27.7 Å². The molecule has 0 fully saturated rings. The number of benzene rings is 1.